The Labute approximate surface area is 156 Å². The van der Waals surface area contributed by atoms with Crippen LogP contribution in [0.15, 0.2) is 54.9 Å². The van der Waals surface area contributed by atoms with E-state index in [2.05, 4.69) is 31.2 Å². The van der Waals surface area contributed by atoms with Crippen LogP contribution in [0.1, 0.15) is 16.2 Å². The molecule has 0 unspecified atom stereocenters. The van der Waals surface area contributed by atoms with E-state index >= 15 is 0 Å². The third-order valence-corrected chi connectivity index (χ3v) is 4.25. The molecule has 7 heteroatoms. The molecule has 3 heterocycles. The molecule has 0 aliphatic carbocycles. The van der Waals surface area contributed by atoms with Gasteiger partial charge in [-0.3, -0.25) is 4.79 Å². The molecular formula is C20H19N5O2. The summed E-state index contributed by atoms with van der Waals surface area (Å²) < 4.78 is 2.10. The zero-order valence-corrected chi connectivity index (χ0v) is 14.6. The summed E-state index contributed by atoms with van der Waals surface area (Å²) in [5.41, 5.74) is 3.12. The summed E-state index contributed by atoms with van der Waals surface area (Å²) in [4.78, 5) is 21.2. The third-order valence-electron chi connectivity index (χ3n) is 4.25. The number of allylic oxidation sites excluding steroid dienone is 1. The minimum absolute atomic E-state index is 0.110. The first-order valence-electron chi connectivity index (χ1n) is 8.70. The van der Waals surface area contributed by atoms with E-state index in [1.807, 2.05) is 36.5 Å². The molecule has 0 fully saturated rings. The molecule has 136 valence electrons. The Hall–Kier alpha value is -3.45. The van der Waals surface area contributed by atoms with Crippen LogP contribution in [0.3, 0.4) is 0 Å². The number of benzene rings is 1. The monoisotopic (exact) mass is 361 g/mol. The maximum Gasteiger partial charge on any atom is 0.255 e. The Morgan fingerprint density at radius 2 is 2.19 bits per heavy atom. The number of carbonyl (C=O) groups is 1. The molecule has 0 bridgehead atoms. The van der Waals surface area contributed by atoms with Crippen LogP contribution in [0.2, 0.25) is 0 Å². The molecule has 3 N–H and O–H groups in total. The number of pyridine rings is 1. The lowest BCUT2D eigenvalue weighted by Gasteiger charge is -2.11. The molecule has 0 atom stereocenters. The summed E-state index contributed by atoms with van der Waals surface area (Å²) in [5, 5.41) is 14.7. The van der Waals surface area contributed by atoms with Crippen LogP contribution in [-0.4, -0.2) is 38.7 Å². The smallest absolute Gasteiger partial charge is 0.255 e. The van der Waals surface area contributed by atoms with Gasteiger partial charge in [0.1, 0.15) is 11.6 Å². The second-order valence-electron chi connectivity index (χ2n) is 6.12. The molecular weight excluding hydrogens is 342 g/mol. The number of imidazole rings is 1. The maximum absolute atomic E-state index is 12.3. The van der Waals surface area contributed by atoms with Gasteiger partial charge in [-0.15, -0.1) is 0 Å². The van der Waals surface area contributed by atoms with Crippen LogP contribution in [0.5, 0.6) is 0 Å². The summed E-state index contributed by atoms with van der Waals surface area (Å²) in [6, 6.07) is 11.2. The minimum Gasteiger partial charge on any atom is -0.395 e. The number of hydrogen-bond donors (Lipinski definition) is 3. The van der Waals surface area contributed by atoms with Crippen molar-refractivity contribution in [3.8, 4) is 11.3 Å². The molecule has 2 aromatic heterocycles. The number of rotatable bonds is 6. The van der Waals surface area contributed by atoms with Gasteiger partial charge in [0.2, 0.25) is 0 Å². The van der Waals surface area contributed by atoms with Crippen molar-refractivity contribution >= 4 is 23.5 Å². The fourth-order valence-corrected chi connectivity index (χ4v) is 2.97. The van der Waals surface area contributed by atoms with Crippen LogP contribution in [0.4, 0.5) is 11.5 Å². The molecule has 7 nitrogen and oxygen atoms in total. The summed E-state index contributed by atoms with van der Waals surface area (Å²) in [6.07, 6.45) is 7.75. The van der Waals surface area contributed by atoms with E-state index in [-0.39, 0.29) is 19.1 Å². The molecule has 0 saturated heterocycles. The second-order valence-corrected chi connectivity index (χ2v) is 6.12. The number of carbonyl (C=O) groups excluding carboxylic acids is 1. The highest BCUT2D eigenvalue weighted by Crippen LogP contribution is 2.26. The standard InChI is InChI=1S/C20H19N5O2/c26-11-9-22-20(27)16-6-2-8-21-19(16)23-15-5-1-4-14(12-15)17-13-25-10-3-7-18(25)24-17/h1-8,12-13,26H,9-11H2,(H,21,23)(H,22,27). The SMILES string of the molecule is O=C(NCCO)c1cccnc1Nc1cccc(-c2cn3c(n2)C=CC3)c1. The number of nitrogens with zero attached hydrogens (tertiary/aromatic N) is 3. The number of amides is 1. The molecule has 27 heavy (non-hydrogen) atoms. The largest absolute Gasteiger partial charge is 0.395 e. The first-order valence-corrected chi connectivity index (χ1v) is 8.70. The molecule has 0 radical (unpaired) electrons. The van der Waals surface area contributed by atoms with Gasteiger partial charge in [-0.2, -0.15) is 0 Å². The Kier molecular flexibility index (Phi) is 4.67. The van der Waals surface area contributed by atoms with Crippen molar-refractivity contribution in [3.63, 3.8) is 0 Å². The highest BCUT2D eigenvalue weighted by molar-refractivity contribution is 5.99. The van der Waals surface area contributed by atoms with E-state index < -0.39 is 0 Å². The lowest BCUT2D eigenvalue weighted by Crippen LogP contribution is -2.27. The topological polar surface area (TPSA) is 92.1 Å². The first-order chi connectivity index (χ1) is 13.2. The summed E-state index contributed by atoms with van der Waals surface area (Å²) >= 11 is 0. The van der Waals surface area contributed by atoms with Gasteiger partial charge in [-0.25, -0.2) is 9.97 Å². The normalized spacial score (nSPS) is 12.0. The number of aliphatic hydroxyl groups excluding tert-OH is 1. The van der Waals surface area contributed by atoms with Gasteiger partial charge < -0.3 is 20.3 Å². The molecule has 3 aromatic rings. The lowest BCUT2D eigenvalue weighted by atomic mass is 10.1. The van der Waals surface area contributed by atoms with E-state index in [1.165, 1.54) is 0 Å². The zero-order valence-electron chi connectivity index (χ0n) is 14.6. The average Bonchev–Trinajstić information content (AvgIpc) is 3.29. The van der Waals surface area contributed by atoms with Gasteiger partial charge in [0.05, 0.1) is 17.9 Å². The third kappa shape index (κ3) is 3.58. The second kappa shape index (κ2) is 7.43. The van der Waals surface area contributed by atoms with Crippen molar-refractivity contribution in [1.29, 1.82) is 0 Å². The molecule has 1 aliphatic heterocycles. The molecule has 0 spiro atoms. The van der Waals surface area contributed by atoms with Crippen molar-refractivity contribution in [1.82, 2.24) is 19.9 Å². The van der Waals surface area contributed by atoms with Crippen LogP contribution >= 0.6 is 0 Å². The summed E-state index contributed by atoms with van der Waals surface area (Å²) in [7, 11) is 0. The lowest BCUT2D eigenvalue weighted by molar-refractivity contribution is 0.0945. The van der Waals surface area contributed by atoms with Crippen molar-refractivity contribution < 1.29 is 9.90 Å². The van der Waals surface area contributed by atoms with Crippen molar-refractivity contribution in [2.24, 2.45) is 0 Å². The number of nitrogens with one attached hydrogen (secondary N) is 2. The van der Waals surface area contributed by atoms with Gasteiger partial charge in [-0.1, -0.05) is 18.2 Å². The number of anilines is 2. The molecule has 0 saturated carbocycles. The van der Waals surface area contributed by atoms with Gasteiger partial charge in [0, 0.05) is 36.7 Å². The Morgan fingerprint density at radius 1 is 1.26 bits per heavy atom. The fraction of sp³-hybridized carbons (Fsp3) is 0.150. The summed E-state index contributed by atoms with van der Waals surface area (Å²) in [6.45, 7) is 0.934. The zero-order chi connectivity index (χ0) is 18.6. The number of aliphatic hydroxyl groups is 1. The first kappa shape index (κ1) is 17.0. The van der Waals surface area contributed by atoms with E-state index in [0.29, 0.717) is 11.4 Å². The van der Waals surface area contributed by atoms with Crippen LogP contribution in [0.25, 0.3) is 17.3 Å². The maximum atomic E-state index is 12.3. The van der Waals surface area contributed by atoms with Crippen LogP contribution < -0.4 is 10.6 Å². The number of aromatic nitrogens is 3. The van der Waals surface area contributed by atoms with Crippen molar-refractivity contribution in [3.05, 3.63) is 66.3 Å². The highest BCUT2D eigenvalue weighted by Gasteiger charge is 2.13. The van der Waals surface area contributed by atoms with Gasteiger partial charge in [0.15, 0.2) is 0 Å². The highest BCUT2D eigenvalue weighted by atomic mass is 16.3. The van der Waals surface area contributed by atoms with E-state index in [9.17, 15) is 4.79 Å². The predicted molar refractivity (Wildman–Crippen MR) is 104 cm³/mol. The van der Waals surface area contributed by atoms with Crippen LogP contribution in [-0.2, 0) is 6.54 Å². The van der Waals surface area contributed by atoms with Gasteiger partial charge in [0.25, 0.3) is 5.91 Å². The predicted octanol–water partition coefficient (Wildman–Crippen LogP) is 2.44. The Bertz CT molecular complexity index is 1010. The van der Waals surface area contributed by atoms with Crippen molar-refractivity contribution in [2.45, 2.75) is 6.54 Å². The molecule has 4 rings (SSSR count). The average molecular weight is 361 g/mol. The van der Waals surface area contributed by atoms with E-state index in [4.69, 9.17) is 5.11 Å². The summed E-state index contributed by atoms with van der Waals surface area (Å²) in [5.74, 6) is 1.13. The Balaban J connectivity index is 1.58. The number of fused-ring (bicyclic) bond motifs is 1. The van der Waals surface area contributed by atoms with Crippen molar-refractivity contribution in [2.75, 3.05) is 18.5 Å². The van der Waals surface area contributed by atoms with E-state index in [1.54, 1.807) is 18.3 Å². The molecule has 1 amide bonds. The van der Waals surface area contributed by atoms with Crippen LogP contribution in [0, 0.1) is 0 Å². The Morgan fingerprint density at radius 3 is 3.04 bits per heavy atom. The van der Waals surface area contributed by atoms with Gasteiger partial charge >= 0.3 is 0 Å². The van der Waals surface area contributed by atoms with E-state index in [0.717, 1.165) is 29.3 Å². The molecule has 1 aliphatic rings. The van der Waals surface area contributed by atoms with Gasteiger partial charge in [-0.05, 0) is 30.3 Å². The number of hydrogen-bond acceptors (Lipinski definition) is 5. The minimum atomic E-state index is -0.284. The molecule has 1 aromatic carbocycles. The fourth-order valence-electron chi connectivity index (χ4n) is 2.97. The quantitative estimate of drug-likeness (QED) is 0.627.